The van der Waals surface area contributed by atoms with E-state index in [0.717, 1.165) is 55.2 Å². The summed E-state index contributed by atoms with van der Waals surface area (Å²) in [6.07, 6.45) is 7.64. The molecule has 1 aromatic carbocycles. The molecule has 180 valence electrons. The molecule has 0 bridgehead atoms. The molecule has 0 aliphatic heterocycles. The molecule has 1 saturated carbocycles. The molecule has 0 saturated heterocycles. The molecule has 0 N–H and O–H groups in total. The Kier molecular flexibility index (Phi) is 9.89. The lowest BCUT2D eigenvalue weighted by atomic mass is 9.76. The molecule has 2 atom stereocenters. The summed E-state index contributed by atoms with van der Waals surface area (Å²) in [4.78, 5) is 36.0. The van der Waals surface area contributed by atoms with Gasteiger partial charge in [0, 0.05) is 32.3 Å². The zero-order chi connectivity index (χ0) is 24.5. The number of hydrogen-bond donors (Lipinski definition) is 0. The Morgan fingerprint density at radius 3 is 2.09 bits per heavy atom. The SMILES string of the molecule is C=C(C)/C=C1/CCCC(OC(C)=O)[C@@H]1c1c(OC(C)=O)cc(CCCCC)cc1OC(C)=O. The number of esters is 3. The summed E-state index contributed by atoms with van der Waals surface area (Å²) in [6, 6.07) is 3.69. The number of carbonyl (C=O) groups excluding carboxylic acids is 3. The number of benzene rings is 1. The standard InChI is InChI=1S/C27H36O6/c1-7-8-9-11-21-15-24(32-19(5)29)27(25(16-21)33-20(6)30)26-22(14-17(2)3)12-10-13-23(26)31-18(4)28/h14-16,23,26H,2,7-13H2,1,3-6H3/b22-14-/t23?,26-/m1/s1. The van der Waals surface area contributed by atoms with Gasteiger partial charge < -0.3 is 14.2 Å². The van der Waals surface area contributed by atoms with Gasteiger partial charge in [-0.25, -0.2) is 0 Å². The van der Waals surface area contributed by atoms with Crippen molar-refractivity contribution in [2.75, 3.05) is 0 Å². The van der Waals surface area contributed by atoms with Gasteiger partial charge in [-0.3, -0.25) is 14.4 Å². The summed E-state index contributed by atoms with van der Waals surface area (Å²) in [5.41, 5.74) is 3.33. The average Bonchev–Trinajstić information content (AvgIpc) is 2.67. The first-order chi connectivity index (χ1) is 15.6. The number of unbranched alkanes of at least 4 members (excludes halogenated alkanes) is 2. The van der Waals surface area contributed by atoms with Crippen molar-refractivity contribution in [1.82, 2.24) is 0 Å². The third kappa shape index (κ3) is 7.88. The second-order valence-electron chi connectivity index (χ2n) is 8.73. The van der Waals surface area contributed by atoms with E-state index in [2.05, 4.69) is 13.5 Å². The van der Waals surface area contributed by atoms with Gasteiger partial charge in [-0.1, -0.05) is 43.6 Å². The van der Waals surface area contributed by atoms with Crippen LogP contribution in [0.25, 0.3) is 0 Å². The molecule has 6 heteroatoms. The molecule has 1 aromatic rings. The zero-order valence-electron chi connectivity index (χ0n) is 20.5. The highest BCUT2D eigenvalue weighted by molar-refractivity contribution is 5.74. The molecule has 1 aliphatic rings. The van der Waals surface area contributed by atoms with Crippen LogP contribution >= 0.6 is 0 Å². The molecule has 0 amide bonds. The van der Waals surface area contributed by atoms with Crippen molar-refractivity contribution < 1.29 is 28.6 Å². The van der Waals surface area contributed by atoms with Gasteiger partial charge in [0.15, 0.2) is 0 Å². The van der Waals surface area contributed by atoms with Crippen LogP contribution in [0.2, 0.25) is 0 Å². The first-order valence-electron chi connectivity index (χ1n) is 11.7. The van der Waals surface area contributed by atoms with Crippen molar-refractivity contribution in [2.24, 2.45) is 0 Å². The van der Waals surface area contributed by atoms with Gasteiger partial charge in [-0.15, -0.1) is 0 Å². The summed E-state index contributed by atoms with van der Waals surface area (Å²) in [5, 5.41) is 0. The van der Waals surface area contributed by atoms with Crippen molar-refractivity contribution in [2.45, 2.75) is 91.6 Å². The van der Waals surface area contributed by atoms with E-state index in [1.54, 1.807) is 0 Å². The van der Waals surface area contributed by atoms with E-state index in [4.69, 9.17) is 14.2 Å². The number of allylic oxidation sites excluding steroid dienone is 2. The van der Waals surface area contributed by atoms with Crippen LogP contribution in [0.5, 0.6) is 11.5 Å². The summed E-state index contributed by atoms with van der Waals surface area (Å²) >= 11 is 0. The van der Waals surface area contributed by atoms with Gasteiger partial charge >= 0.3 is 17.9 Å². The lowest BCUT2D eigenvalue weighted by Gasteiger charge is -2.35. The Labute approximate surface area is 197 Å². The van der Waals surface area contributed by atoms with Gasteiger partial charge in [0.2, 0.25) is 0 Å². The van der Waals surface area contributed by atoms with Gasteiger partial charge in [-0.2, -0.15) is 0 Å². The summed E-state index contributed by atoms with van der Waals surface area (Å²) < 4.78 is 17.0. The highest BCUT2D eigenvalue weighted by atomic mass is 16.6. The first-order valence-corrected chi connectivity index (χ1v) is 11.7. The second kappa shape index (κ2) is 12.4. The molecular formula is C27H36O6. The maximum absolute atomic E-state index is 12.0. The zero-order valence-corrected chi connectivity index (χ0v) is 20.5. The van der Waals surface area contributed by atoms with Crippen molar-refractivity contribution in [3.05, 3.63) is 47.1 Å². The number of rotatable bonds is 9. The van der Waals surface area contributed by atoms with E-state index >= 15 is 0 Å². The fourth-order valence-corrected chi connectivity index (χ4v) is 4.42. The van der Waals surface area contributed by atoms with E-state index in [9.17, 15) is 14.4 Å². The molecule has 0 aromatic heterocycles. The second-order valence-corrected chi connectivity index (χ2v) is 8.73. The number of carbonyl (C=O) groups is 3. The first kappa shape index (κ1) is 26.4. The third-order valence-electron chi connectivity index (χ3n) is 5.53. The lowest BCUT2D eigenvalue weighted by Crippen LogP contribution is -2.30. The fraction of sp³-hybridized carbons (Fsp3) is 0.519. The van der Waals surface area contributed by atoms with Crippen LogP contribution in [0, 0.1) is 0 Å². The van der Waals surface area contributed by atoms with Crippen molar-refractivity contribution >= 4 is 17.9 Å². The van der Waals surface area contributed by atoms with Crippen LogP contribution in [0.3, 0.4) is 0 Å². The smallest absolute Gasteiger partial charge is 0.308 e. The summed E-state index contributed by atoms with van der Waals surface area (Å²) in [6.45, 7) is 12.1. The fourth-order valence-electron chi connectivity index (χ4n) is 4.42. The molecule has 0 heterocycles. The third-order valence-corrected chi connectivity index (χ3v) is 5.53. The van der Waals surface area contributed by atoms with E-state index in [-0.39, 0.29) is 5.97 Å². The average molecular weight is 457 g/mol. The van der Waals surface area contributed by atoms with E-state index in [0.29, 0.717) is 23.5 Å². The molecule has 1 unspecified atom stereocenters. The van der Waals surface area contributed by atoms with E-state index in [1.165, 1.54) is 20.8 Å². The van der Waals surface area contributed by atoms with Crippen LogP contribution in [-0.2, 0) is 25.5 Å². The Balaban J connectivity index is 2.74. The molecule has 1 aliphatic carbocycles. The predicted octanol–water partition coefficient (Wildman–Crippen LogP) is 5.97. The van der Waals surface area contributed by atoms with Crippen molar-refractivity contribution in [1.29, 1.82) is 0 Å². The molecule has 1 fully saturated rings. The highest BCUT2D eigenvalue weighted by Gasteiger charge is 2.37. The molecular weight excluding hydrogens is 420 g/mol. The van der Waals surface area contributed by atoms with Crippen molar-refractivity contribution in [3.63, 3.8) is 0 Å². The Morgan fingerprint density at radius 1 is 1.00 bits per heavy atom. The monoisotopic (exact) mass is 456 g/mol. The van der Waals surface area contributed by atoms with Crippen LogP contribution in [0.1, 0.15) is 90.2 Å². The number of hydrogen-bond acceptors (Lipinski definition) is 6. The normalized spacial score (nSPS) is 19.1. The molecule has 2 rings (SSSR count). The summed E-state index contributed by atoms with van der Waals surface area (Å²) in [7, 11) is 0. The minimum atomic E-state index is -0.476. The van der Waals surface area contributed by atoms with E-state index in [1.807, 2.05) is 25.1 Å². The summed E-state index contributed by atoms with van der Waals surface area (Å²) in [5.74, 6) is -1.08. The maximum Gasteiger partial charge on any atom is 0.308 e. The quantitative estimate of drug-likeness (QED) is 0.259. The molecule has 0 radical (unpaired) electrons. The van der Waals surface area contributed by atoms with Gasteiger partial charge in [0.05, 0.1) is 0 Å². The molecule has 33 heavy (non-hydrogen) atoms. The highest BCUT2D eigenvalue weighted by Crippen LogP contribution is 2.48. The van der Waals surface area contributed by atoms with Crippen LogP contribution < -0.4 is 9.47 Å². The molecule has 6 nitrogen and oxygen atoms in total. The Morgan fingerprint density at radius 2 is 1.61 bits per heavy atom. The Bertz CT molecular complexity index is 890. The van der Waals surface area contributed by atoms with Gasteiger partial charge in [0.25, 0.3) is 0 Å². The lowest BCUT2D eigenvalue weighted by molar-refractivity contribution is -0.148. The number of aryl methyl sites for hydroxylation is 1. The van der Waals surface area contributed by atoms with E-state index < -0.39 is 24.0 Å². The number of ether oxygens (including phenoxy) is 3. The maximum atomic E-state index is 12.0. The van der Waals surface area contributed by atoms with Crippen molar-refractivity contribution in [3.8, 4) is 11.5 Å². The minimum absolute atomic E-state index is 0.337. The van der Waals surface area contributed by atoms with Crippen LogP contribution in [0.4, 0.5) is 0 Å². The topological polar surface area (TPSA) is 78.9 Å². The Hall–Kier alpha value is -2.89. The largest absolute Gasteiger partial charge is 0.462 e. The van der Waals surface area contributed by atoms with Gasteiger partial charge in [0.1, 0.15) is 17.6 Å². The predicted molar refractivity (Wildman–Crippen MR) is 127 cm³/mol. The van der Waals surface area contributed by atoms with Crippen LogP contribution in [-0.4, -0.2) is 24.0 Å². The van der Waals surface area contributed by atoms with Gasteiger partial charge in [-0.05, 0) is 56.7 Å². The van der Waals surface area contributed by atoms with Crippen LogP contribution in [0.15, 0.2) is 35.9 Å². The molecule has 0 spiro atoms. The minimum Gasteiger partial charge on any atom is -0.462 e.